The minimum absolute atomic E-state index is 0.0478. The summed E-state index contributed by atoms with van der Waals surface area (Å²) in [5, 5.41) is 18.9. The van der Waals surface area contributed by atoms with E-state index in [1.807, 2.05) is 47.7 Å². The molecule has 1 atom stereocenters. The van der Waals surface area contributed by atoms with Crippen LogP contribution in [0.1, 0.15) is 115 Å². The summed E-state index contributed by atoms with van der Waals surface area (Å²) >= 11 is 0. The van der Waals surface area contributed by atoms with Gasteiger partial charge in [-0.2, -0.15) is 5.26 Å². The van der Waals surface area contributed by atoms with Crippen LogP contribution in [-0.2, 0) is 14.4 Å². The maximum Gasteiger partial charge on any atom is 0.262 e. The topological polar surface area (TPSA) is 203 Å². The zero-order chi connectivity index (χ0) is 43.3. The van der Waals surface area contributed by atoms with Crippen LogP contribution in [0.5, 0.6) is 0 Å². The van der Waals surface area contributed by atoms with Crippen LogP contribution in [0.3, 0.4) is 0 Å². The van der Waals surface area contributed by atoms with E-state index in [4.69, 9.17) is 0 Å². The van der Waals surface area contributed by atoms with Crippen molar-refractivity contribution in [3.05, 3.63) is 77.2 Å². The van der Waals surface area contributed by atoms with E-state index in [1.54, 1.807) is 24.4 Å². The first-order chi connectivity index (χ1) is 29.9. The number of pyridine rings is 2. The third-order valence-electron chi connectivity index (χ3n) is 13.6. The Labute approximate surface area is 359 Å². The number of nitrogens with one attached hydrogen (secondary N) is 3. The maximum absolute atomic E-state index is 13.8. The molecule has 3 N–H and O–H groups in total. The number of fused-ring (bicyclic) bond motifs is 2. The predicted molar refractivity (Wildman–Crippen MR) is 228 cm³/mol. The van der Waals surface area contributed by atoms with Crippen molar-refractivity contribution in [2.75, 3.05) is 36.4 Å². The van der Waals surface area contributed by atoms with Crippen LogP contribution in [0, 0.1) is 22.7 Å². The average molecular weight is 839 g/mol. The van der Waals surface area contributed by atoms with E-state index in [1.165, 1.54) is 6.20 Å². The smallest absolute Gasteiger partial charge is 0.262 e. The van der Waals surface area contributed by atoms with Crippen LogP contribution < -0.4 is 20.9 Å². The van der Waals surface area contributed by atoms with Gasteiger partial charge in [0.2, 0.25) is 17.7 Å². The summed E-state index contributed by atoms with van der Waals surface area (Å²) < 4.78 is 1.84. The largest absolute Gasteiger partial charge is 0.382 e. The summed E-state index contributed by atoms with van der Waals surface area (Å²) in [7, 11) is 0. The van der Waals surface area contributed by atoms with Crippen molar-refractivity contribution >= 4 is 57.9 Å². The molecule has 1 saturated carbocycles. The minimum atomic E-state index is -0.993. The van der Waals surface area contributed by atoms with Crippen LogP contribution >= 0.6 is 0 Å². The van der Waals surface area contributed by atoms with Gasteiger partial charge in [-0.1, -0.05) is 0 Å². The zero-order valence-corrected chi connectivity index (χ0v) is 35.0. The highest BCUT2D eigenvalue weighted by atomic mass is 16.2. The summed E-state index contributed by atoms with van der Waals surface area (Å²) in [4.78, 5) is 92.6. The third-order valence-corrected chi connectivity index (χ3v) is 13.6. The first kappa shape index (κ1) is 40.8. The summed E-state index contributed by atoms with van der Waals surface area (Å²) in [6, 6.07) is 11.9. The van der Waals surface area contributed by atoms with Gasteiger partial charge in [-0.05, 0) is 107 Å². The van der Waals surface area contributed by atoms with Gasteiger partial charge in [0, 0.05) is 86.3 Å². The Morgan fingerprint density at radius 1 is 0.871 bits per heavy atom. The Kier molecular flexibility index (Phi) is 10.7. The van der Waals surface area contributed by atoms with Gasteiger partial charge in [0.1, 0.15) is 23.6 Å². The monoisotopic (exact) mass is 838 g/mol. The number of amides is 6. The molecule has 6 amide bonds. The van der Waals surface area contributed by atoms with Crippen molar-refractivity contribution in [1.82, 2.24) is 35.0 Å². The number of carbonyl (C=O) groups is 6. The number of piperidine rings is 3. The number of carbonyl (C=O) groups excluding carboxylic acids is 6. The van der Waals surface area contributed by atoms with Gasteiger partial charge >= 0.3 is 0 Å². The van der Waals surface area contributed by atoms with E-state index < -0.39 is 29.7 Å². The van der Waals surface area contributed by atoms with E-state index in [0.717, 1.165) is 93.5 Å². The Morgan fingerprint density at radius 3 is 2.31 bits per heavy atom. The summed E-state index contributed by atoms with van der Waals surface area (Å²) in [6.07, 6.45) is 11.8. The molecule has 1 spiro atoms. The van der Waals surface area contributed by atoms with Crippen molar-refractivity contribution in [2.24, 2.45) is 11.3 Å². The zero-order valence-electron chi connectivity index (χ0n) is 35.0. The molecule has 3 aromatic heterocycles. The SMILES string of the molecule is CC(C)Nc1cc(-n2ccc3cc(C#N)cnc32)ncc1C(=O)NC1CCC(C(=O)N2CCC3(CC2)CCN(c2ccc4c(c2)C(=O)N(C2CCC(=O)NC2=O)C4=O)CC3)CC1. The van der Waals surface area contributed by atoms with Gasteiger partial charge in [0.05, 0.1) is 27.9 Å². The van der Waals surface area contributed by atoms with Crippen molar-refractivity contribution in [3.8, 4) is 11.9 Å². The summed E-state index contributed by atoms with van der Waals surface area (Å²) in [5.74, 6) is -1.49. The van der Waals surface area contributed by atoms with Crippen molar-refractivity contribution in [1.29, 1.82) is 5.26 Å². The van der Waals surface area contributed by atoms with Gasteiger partial charge < -0.3 is 20.4 Å². The van der Waals surface area contributed by atoms with Crippen molar-refractivity contribution in [2.45, 2.75) is 96.2 Å². The fourth-order valence-corrected chi connectivity index (χ4v) is 10.1. The minimum Gasteiger partial charge on any atom is -0.382 e. The molecule has 4 aliphatic heterocycles. The first-order valence-corrected chi connectivity index (χ1v) is 21.7. The van der Waals surface area contributed by atoms with Gasteiger partial charge in [0.25, 0.3) is 17.7 Å². The Hall–Kier alpha value is -6.63. The molecule has 4 fully saturated rings. The van der Waals surface area contributed by atoms with E-state index in [9.17, 15) is 34.0 Å². The summed E-state index contributed by atoms with van der Waals surface area (Å²) in [6.45, 7) is 7.07. The molecule has 4 aromatic rings. The molecule has 16 heteroatoms. The lowest BCUT2D eigenvalue weighted by atomic mass is 9.71. The number of imide groups is 2. The van der Waals surface area contributed by atoms with E-state index in [2.05, 4.69) is 36.9 Å². The van der Waals surface area contributed by atoms with Crippen LogP contribution in [-0.4, -0.2) is 104 Å². The molecule has 16 nitrogen and oxygen atoms in total. The lowest BCUT2D eigenvalue weighted by Gasteiger charge is -2.48. The van der Waals surface area contributed by atoms with E-state index in [0.29, 0.717) is 28.3 Å². The highest BCUT2D eigenvalue weighted by Crippen LogP contribution is 2.43. The molecule has 1 unspecified atom stereocenters. The average Bonchev–Trinajstić information content (AvgIpc) is 3.81. The molecule has 7 heterocycles. The molecular weight excluding hydrogens is 789 g/mol. The Balaban J connectivity index is 0.756. The van der Waals surface area contributed by atoms with Crippen molar-refractivity contribution < 1.29 is 28.8 Å². The van der Waals surface area contributed by atoms with Crippen molar-refractivity contribution in [3.63, 3.8) is 0 Å². The van der Waals surface area contributed by atoms with Gasteiger partial charge in [0.15, 0.2) is 0 Å². The molecule has 0 radical (unpaired) electrons. The van der Waals surface area contributed by atoms with Crippen LogP contribution in [0.25, 0.3) is 16.9 Å². The molecule has 1 aromatic carbocycles. The number of likely N-dealkylation sites (tertiary alicyclic amines) is 1. The van der Waals surface area contributed by atoms with E-state index in [-0.39, 0.29) is 59.2 Å². The number of nitrogens with zero attached hydrogens (tertiary/aromatic N) is 7. The lowest BCUT2D eigenvalue weighted by molar-refractivity contribution is -0.139. The number of nitriles is 1. The molecular formula is C46H50N10O6. The van der Waals surface area contributed by atoms with Gasteiger partial charge in [-0.15, -0.1) is 0 Å². The quantitative estimate of drug-likeness (QED) is 0.208. The fourth-order valence-electron chi connectivity index (χ4n) is 10.1. The Bertz CT molecular complexity index is 2530. The highest BCUT2D eigenvalue weighted by molar-refractivity contribution is 6.23. The molecule has 0 bridgehead atoms. The fraction of sp³-hybridized carbons (Fsp3) is 0.457. The standard InChI is InChI=1S/C46H50N10O6/c1-27(2)50-36-23-38(55-16-11-30-21-28(24-47)25-49-40(30)55)48-26-35(36)41(58)51-31-5-3-29(4-6-31)43(60)54-19-14-46(15-20-54)12-17-53(18-13-46)32-7-8-33-34(22-32)45(62)56(44(33)61)37-9-10-39(57)52-42(37)59/h7-8,11,16,21-23,25-27,29,31,37H,3-6,9-10,12-15,17-20H2,1-2H3,(H,48,50)(H,51,58)(H,52,57,59). The number of benzene rings is 1. The molecule has 5 aliphatic rings. The normalized spacial score (nSPS) is 22.5. The third kappa shape index (κ3) is 7.65. The second kappa shape index (κ2) is 16.3. The number of rotatable bonds is 8. The lowest BCUT2D eigenvalue weighted by Crippen LogP contribution is -2.54. The second-order valence-electron chi connectivity index (χ2n) is 17.8. The molecule has 1 aliphatic carbocycles. The molecule has 9 rings (SSSR count). The van der Waals surface area contributed by atoms with Crippen LogP contribution in [0.15, 0.2) is 55.0 Å². The number of aromatic nitrogens is 3. The van der Waals surface area contributed by atoms with Gasteiger partial charge in [-0.25, -0.2) is 9.97 Å². The summed E-state index contributed by atoms with van der Waals surface area (Å²) in [5.41, 5.74) is 3.82. The van der Waals surface area contributed by atoms with E-state index >= 15 is 0 Å². The molecule has 320 valence electrons. The number of anilines is 2. The first-order valence-electron chi connectivity index (χ1n) is 21.7. The molecule has 62 heavy (non-hydrogen) atoms. The predicted octanol–water partition coefficient (Wildman–Crippen LogP) is 4.71. The van der Waals surface area contributed by atoms with Crippen LogP contribution in [0.2, 0.25) is 0 Å². The number of hydrogen-bond acceptors (Lipinski definition) is 11. The highest BCUT2D eigenvalue weighted by Gasteiger charge is 2.45. The maximum atomic E-state index is 13.8. The Morgan fingerprint density at radius 2 is 1.60 bits per heavy atom. The number of hydrogen-bond donors (Lipinski definition) is 3. The van der Waals surface area contributed by atoms with Crippen LogP contribution in [0.4, 0.5) is 11.4 Å². The molecule has 3 saturated heterocycles. The second-order valence-corrected chi connectivity index (χ2v) is 17.8. The van der Waals surface area contributed by atoms with Gasteiger partial charge in [-0.3, -0.25) is 43.6 Å².